The lowest BCUT2D eigenvalue weighted by molar-refractivity contribution is -0.114. The van der Waals surface area contributed by atoms with Gasteiger partial charge in [-0.25, -0.2) is 16.8 Å². The number of anilines is 2. The Morgan fingerprint density at radius 2 is 1.41 bits per heavy atom. The Labute approximate surface area is 235 Å². The molecule has 0 aromatic heterocycles. The summed E-state index contributed by atoms with van der Waals surface area (Å²) in [5.74, 6) is -0.575. The van der Waals surface area contributed by atoms with E-state index in [2.05, 4.69) is 5.32 Å². The van der Waals surface area contributed by atoms with Gasteiger partial charge in [0.15, 0.2) is 0 Å². The molecule has 1 N–H and O–H groups in total. The van der Waals surface area contributed by atoms with E-state index in [-0.39, 0.29) is 9.79 Å². The molecule has 1 aliphatic rings. The van der Waals surface area contributed by atoms with Crippen molar-refractivity contribution in [1.82, 2.24) is 4.31 Å². The summed E-state index contributed by atoms with van der Waals surface area (Å²) in [7, 11) is -7.72. The predicted octanol–water partition coefficient (Wildman–Crippen LogP) is 5.36. The molecule has 1 aliphatic heterocycles. The molecule has 8 nitrogen and oxygen atoms in total. The molecule has 208 valence electrons. The zero-order chi connectivity index (χ0) is 28.2. The highest BCUT2D eigenvalue weighted by Crippen LogP contribution is 2.27. The summed E-state index contributed by atoms with van der Waals surface area (Å²) in [6.07, 6.45) is 3.71. The van der Waals surface area contributed by atoms with E-state index in [1.165, 1.54) is 52.8 Å². The molecule has 0 radical (unpaired) electrons. The number of nitrogens with zero attached hydrogens (tertiary/aromatic N) is 2. The number of carbonyl (C=O) groups excluding carboxylic acids is 1. The van der Waals surface area contributed by atoms with Crippen LogP contribution in [0.5, 0.6) is 0 Å². The van der Waals surface area contributed by atoms with Gasteiger partial charge in [0.1, 0.15) is 6.54 Å². The van der Waals surface area contributed by atoms with Crippen molar-refractivity contribution in [3.63, 3.8) is 0 Å². The summed E-state index contributed by atoms with van der Waals surface area (Å²) >= 11 is 5.95. The first-order valence-corrected chi connectivity index (χ1v) is 16.0. The number of nitrogens with one attached hydrogen (secondary N) is 1. The van der Waals surface area contributed by atoms with Gasteiger partial charge in [-0.2, -0.15) is 4.31 Å². The molecule has 3 aromatic carbocycles. The highest BCUT2D eigenvalue weighted by Gasteiger charge is 2.28. The SMILES string of the molecule is Cc1ccc(N(CC(=O)Nc2ccc(S(=O)(=O)N3CCCCCC3)cc2)S(=O)(=O)c2ccc(Cl)cc2)cc1C. The van der Waals surface area contributed by atoms with Gasteiger partial charge >= 0.3 is 0 Å². The lowest BCUT2D eigenvalue weighted by Crippen LogP contribution is -2.38. The molecule has 0 saturated carbocycles. The number of benzene rings is 3. The largest absolute Gasteiger partial charge is 0.325 e. The third kappa shape index (κ3) is 6.81. The molecule has 0 spiro atoms. The van der Waals surface area contributed by atoms with E-state index in [4.69, 9.17) is 11.6 Å². The van der Waals surface area contributed by atoms with Crippen LogP contribution in [0.2, 0.25) is 5.02 Å². The Hall–Kier alpha value is -2.92. The molecule has 0 bridgehead atoms. The Balaban J connectivity index is 1.55. The first-order valence-electron chi connectivity index (χ1n) is 12.7. The Morgan fingerprint density at radius 1 is 0.821 bits per heavy atom. The van der Waals surface area contributed by atoms with Gasteiger partial charge in [0.25, 0.3) is 10.0 Å². The van der Waals surface area contributed by atoms with Crippen LogP contribution in [0.25, 0.3) is 0 Å². The number of carbonyl (C=O) groups is 1. The minimum atomic E-state index is -4.10. The van der Waals surface area contributed by atoms with Crippen molar-refractivity contribution in [2.75, 3.05) is 29.3 Å². The fourth-order valence-electron chi connectivity index (χ4n) is 4.40. The molecule has 0 aliphatic carbocycles. The second-order valence-corrected chi connectivity index (χ2v) is 13.9. The first-order chi connectivity index (χ1) is 18.5. The van der Waals surface area contributed by atoms with Crippen LogP contribution < -0.4 is 9.62 Å². The maximum absolute atomic E-state index is 13.6. The molecule has 4 rings (SSSR count). The van der Waals surface area contributed by atoms with Crippen molar-refractivity contribution < 1.29 is 21.6 Å². The zero-order valence-electron chi connectivity index (χ0n) is 21.9. The van der Waals surface area contributed by atoms with Gasteiger partial charge in [-0.15, -0.1) is 0 Å². The van der Waals surface area contributed by atoms with Crippen molar-refractivity contribution in [2.45, 2.75) is 49.3 Å². The highest BCUT2D eigenvalue weighted by molar-refractivity contribution is 7.92. The van der Waals surface area contributed by atoms with Gasteiger partial charge < -0.3 is 5.32 Å². The third-order valence-corrected chi connectivity index (χ3v) is 10.8. The van der Waals surface area contributed by atoms with E-state index in [1.807, 2.05) is 13.8 Å². The van der Waals surface area contributed by atoms with E-state index in [0.717, 1.165) is 41.1 Å². The monoisotopic (exact) mass is 589 g/mol. The average molecular weight is 590 g/mol. The van der Waals surface area contributed by atoms with Crippen molar-refractivity contribution >= 4 is 48.9 Å². The van der Waals surface area contributed by atoms with Crippen molar-refractivity contribution in [3.05, 3.63) is 82.9 Å². The maximum atomic E-state index is 13.6. The van der Waals surface area contributed by atoms with Gasteiger partial charge in [0.05, 0.1) is 15.5 Å². The Morgan fingerprint density at radius 3 is 2.00 bits per heavy atom. The minimum absolute atomic E-state index is 0.000926. The highest BCUT2D eigenvalue weighted by atomic mass is 35.5. The van der Waals surface area contributed by atoms with Gasteiger partial charge in [0, 0.05) is 23.8 Å². The summed E-state index contributed by atoms with van der Waals surface area (Å²) in [5, 5.41) is 3.09. The average Bonchev–Trinajstić information content (AvgIpc) is 3.20. The summed E-state index contributed by atoms with van der Waals surface area (Å²) in [4.78, 5) is 13.2. The fourth-order valence-corrected chi connectivity index (χ4v) is 7.46. The standard InChI is InChI=1S/C28H32ClN3O5S2/c1-21-7-12-25(19-22(21)2)32(39(36,37)27-13-8-23(29)9-14-27)20-28(33)30-24-10-15-26(16-11-24)38(34,35)31-17-5-3-4-6-18-31/h7-16,19H,3-6,17-18,20H2,1-2H3,(H,30,33). The van der Waals surface area contributed by atoms with E-state index in [0.29, 0.717) is 29.5 Å². The third-order valence-electron chi connectivity index (χ3n) is 6.81. The molecule has 1 saturated heterocycles. The zero-order valence-corrected chi connectivity index (χ0v) is 24.3. The van der Waals surface area contributed by atoms with Crippen LogP contribution in [0.1, 0.15) is 36.8 Å². The second-order valence-electron chi connectivity index (χ2n) is 9.63. The molecule has 1 fully saturated rings. The van der Waals surface area contributed by atoms with E-state index < -0.39 is 32.5 Å². The van der Waals surface area contributed by atoms with Gasteiger partial charge in [-0.3, -0.25) is 9.10 Å². The molecule has 0 atom stereocenters. The van der Waals surface area contributed by atoms with Crippen molar-refractivity contribution in [2.24, 2.45) is 0 Å². The van der Waals surface area contributed by atoms with E-state index in [9.17, 15) is 21.6 Å². The number of amides is 1. The molecule has 39 heavy (non-hydrogen) atoms. The van der Waals surface area contributed by atoms with Crippen LogP contribution in [0.3, 0.4) is 0 Å². The molecular weight excluding hydrogens is 558 g/mol. The number of hydrogen-bond donors (Lipinski definition) is 1. The quantitative estimate of drug-likeness (QED) is 0.381. The molecule has 11 heteroatoms. The Bertz CT molecular complexity index is 1530. The number of halogens is 1. The van der Waals surface area contributed by atoms with Crippen molar-refractivity contribution in [1.29, 1.82) is 0 Å². The van der Waals surface area contributed by atoms with Gasteiger partial charge in [0.2, 0.25) is 15.9 Å². The molecular formula is C28H32ClN3O5S2. The Kier molecular flexibility index (Phi) is 9.00. The summed E-state index contributed by atoms with van der Waals surface area (Å²) in [5.41, 5.74) is 2.58. The van der Waals surface area contributed by atoms with Crippen molar-refractivity contribution in [3.8, 4) is 0 Å². The van der Waals surface area contributed by atoms with Crippen LogP contribution in [-0.2, 0) is 24.8 Å². The topological polar surface area (TPSA) is 104 Å². The van der Waals surface area contributed by atoms with Crippen LogP contribution in [0, 0.1) is 13.8 Å². The van der Waals surface area contributed by atoms with Crippen LogP contribution >= 0.6 is 11.6 Å². The van der Waals surface area contributed by atoms with E-state index in [1.54, 1.807) is 18.2 Å². The molecule has 0 unspecified atom stereocenters. The maximum Gasteiger partial charge on any atom is 0.264 e. The number of rotatable bonds is 8. The normalized spacial score (nSPS) is 14.9. The summed E-state index contributed by atoms with van der Waals surface area (Å²) in [6, 6.07) is 16.9. The van der Waals surface area contributed by atoms with Crippen LogP contribution in [-0.4, -0.2) is 46.7 Å². The minimum Gasteiger partial charge on any atom is -0.325 e. The van der Waals surface area contributed by atoms with Crippen LogP contribution in [0.15, 0.2) is 76.5 Å². The number of hydrogen-bond acceptors (Lipinski definition) is 5. The smallest absolute Gasteiger partial charge is 0.264 e. The van der Waals surface area contributed by atoms with Gasteiger partial charge in [-0.1, -0.05) is 30.5 Å². The lowest BCUT2D eigenvalue weighted by Gasteiger charge is -2.25. The predicted molar refractivity (Wildman–Crippen MR) is 154 cm³/mol. The molecule has 1 amide bonds. The molecule has 1 heterocycles. The lowest BCUT2D eigenvalue weighted by atomic mass is 10.1. The summed E-state index contributed by atoms with van der Waals surface area (Å²) < 4.78 is 55.8. The first kappa shape index (κ1) is 29.1. The molecule has 3 aromatic rings. The summed E-state index contributed by atoms with van der Waals surface area (Å²) in [6.45, 7) is 4.30. The second kappa shape index (κ2) is 12.1. The number of sulfonamides is 2. The van der Waals surface area contributed by atoms with E-state index >= 15 is 0 Å². The van der Waals surface area contributed by atoms with Gasteiger partial charge in [-0.05, 0) is 98.5 Å². The van der Waals surface area contributed by atoms with Crippen LogP contribution in [0.4, 0.5) is 11.4 Å². The number of aryl methyl sites for hydroxylation is 2. The fraction of sp³-hybridized carbons (Fsp3) is 0.321.